The average Bonchev–Trinajstić information content (AvgIpc) is 2.68. The number of nitrogens with one attached hydrogen (secondary N) is 2. The molecule has 144 valence electrons. The maximum absolute atomic E-state index is 12.7. The summed E-state index contributed by atoms with van der Waals surface area (Å²) in [4.78, 5) is 24.0. The summed E-state index contributed by atoms with van der Waals surface area (Å²) in [5.41, 5.74) is 5.21. The van der Waals surface area contributed by atoms with Crippen LogP contribution in [0.4, 0.5) is 10.5 Å². The average molecular weight is 381 g/mol. The number of hydrogen-bond donors (Lipinski definition) is 3. The van der Waals surface area contributed by atoms with Gasteiger partial charge in [-0.05, 0) is 49.2 Å². The van der Waals surface area contributed by atoms with Crippen LogP contribution in [0.15, 0.2) is 52.0 Å². The van der Waals surface area contributed by atoms with Crippen LogP contribution in [-0.4, -0.2) is 24.2 Å². The Labute approximate surface area is 160 Å². The van der Waals surface area contributed by atoms with E-state index in [9.17, 15) is 14.7 Å². The second-order valence-corrected chi connectivity index (χ2v) is 6.14. The summed E-state index contributed by atoms with van der Waals surface area (Å²) in [5.74, 6) is -0.570. The molecule has 3 aromatic rings. The first-order chi connectivity index (χ1) is 13.4. The number of hydrogen-bond acceptors (Lipinski definition) is 6. The highest BCUT2D eigenvalue weighted by molar-refractivity contribution is 6.03. The number of phenolic OH excluding ortho intramolecular Hbond substituents is 1. The Morgan fingerprint density at radius 3 is 2.57 bits per heavy atom. The first kappa shape index (κ1) is 19.0. The fourth-order valence-corrected chi connectivity index (χ4v) is 2.52. The van der Waals surface area contributed by atoms with Crippen LogP contribution in [0.5, 0.6) is 5.75 Å². The number of nitrogens with zero attached hydrogens (tertiary/aromatic N) is 1. The number of amides is 2. The van der Waals surface area contributed by atoms with Gasteiger partial charge in [-0.1, -0.05) is 6.07 Å². The summed E-state index contributed by atoms with van der Waals surface area (Å²) in [7, 11) is 1.21. The Kier molecular flexibility index (Phi) is 5.30. The minimum absolute atomic E-state index is 0.0326. The minimum Gasteiger partial charge on any atom is -0.508 e. The van der Waals surface area contributed by atoms with Crippen molar-refractivity contribution in [1.82, 2.24) is 5.43 Å². The molecule has 3 N–H and O–H groups in total. The highest BCUT2D eigenvalue weighted by Crippen LogP contribution is 2.20. The van der Waals surface area contributed by atoms with Gasteiger partial charge in [0, 0.05) is 23.2 Å². The Morgan fingerprint density at radius 1 is 1.07 bits per heavy atom. The van der Waals surface area contributed by atoms with E-state index in [1.165, 1.54) is 25.3 Å². The predicted octanol–water partition coefficient (Wildman–Crippen LogP) is 3.18. The number of ether oxygens (including phenoxy) is 1. The molecule has 0 unspecified atom stereocenters. The Bertz CT molecular complexity index is 1130. The fourth-order valence-electron chi connectivity index (χ4n) is 2.52. The van der Waals surface area contributed by atoms with E-state index in [1.807, 2.05) is 26.0 Å². The summed E-state index contributed by atoms with van der Waals surface area (Å²) in [6.07, 6.45) is -0.756. The molecule has 0 spiro atoms. The first-order valence-corrected chi connectivity index (χ1v) is 8.40. The Hall–Kier alpha value is -3.81. The number of phenols is 1. The van der Waals surface area contributed by atoms with Crippen molar-refractivity contribution < 1.29 is 23.8 Å². The lowest BCUT2D eigenvalue weighted by Crippen LogP contribution is -2.22. The zero-order valence-electron chi connectivity index (χ0n) is 15.6. The van der Waals surface area contributed by atoms with Crippen LogP contribution in [0.2, 0.25) is 0 Å². The number of anilines is 1. The molecule has 3 rings (SSSR count). The highest BCUT2D eigenvalue weighted by Gasteiger charge is 2.13. The van der Waals surface area contributed by atoms with E-state index in [1.54, 1.807) is 12.1 Å². The predicted molar refractivity (Wildman–Crippen MR) is 103 cm³/mol. The van der Waals surface area contributed by atoms with Gasteiger partial charge in [-0.15, -0.1) is 0 Å². The van der Waals surface area contributed by atoms with Crippen molar-refractivity contribution in [2.24, 2.45) is 5.10 Å². The summed E-state index contributed by atoms with van der Waals surface area (Å²) in [5, 5.41) is 17.2. The molecule has 0 bridgehead atoms. The van der Waals surface area contributed by atoms with Gasteiger partial charge in [0.1, 0.15) is 11.3 Å². The van der Waals surface area contributed by atoms with Crippen LogP contribution in [0.1, 0.15) is 21.7 Å². The van der Waals surface area contributed by atoms with Gasteiger partial charge in [-0.3, -0.25) is 4.79 Å². The third-order valence-corrected chi connectivity index (χ3v) is 4.17. The molecule has 28 heavy (non-hydrogen) atoms. The molecule has 8 heteroatoms. The molecule has 0 saturated carbocycles. The second-order valence-electron chi connectivity index (χ2n) is 6.14. The molecule has 0 fully saturated rings. The lowest BCUT2D eigenvalue weighted by atomic mass is 10.1. The van der Waals surface area contributed by atoms with E-state index >= 15 is 0 Å². The number of aryl methyl sites for hydroxylation is 2. The lowest BCUT2D eigenvalue weighted by Gasteiger charge is -2.08. The summed E-state index contributed by atoms with van der Waals surface area (Å²) in [6, 6.07) is 11.3. The van der Waals surface area contributed by atoms with E-state index in [4.69, 9.17) is 4.42 Å². The fraction of sp³-hybridized carbons (Fsp3) is 0.150. The summed E-state index contributed by atoms with van der Waals surface area (Å²) in [6.45, 7) is 3.93. The lowest BCUT2D eigenvalue weighted by molar-refractivity contribution is 0.0997. The van der Waals surface area contributed by atoms with Gasteiger partial charge < -0.3 is 19.6 Å². The van der Waals surface area contributed by atoms with Crippen molar-refractivity contribution in [2.75, 3.05) is 12.4 Å². The topological polar surface area (TPSA) is 113 Å². The van der Waals surface area contributed by atoms with Crippen molar-refractivity contribution in [3.05, 3.63) is 64.7 Å². The molecule has 8 nitrogen and oxygen atoms in total. The molecule has 0 radical (unpaired) electrons. The molecule has 0 aliphatic rings. The maximum Gasteiger partial charge on any atom is 0.427 e. The minimum atomic E-state index is -0.756. The smallest absolute Gasteiger partial charge is 0.427 e. The van der Waals surface area contributed by atoms with Crippen LogP contribution in [0, 0.1) is 13.8 Å². The van der Waals surface area contributed by atoms with Gasteiger partial charge in [0.2, 0.25) is 0 Å². The number of methoxy groups -OCH3 is 1. The van der Waals surface area contributed by atoms with Crippen LogP contribution < -0.4 is 16.1 Å². The monoisotopic (exact) mass is 381 g/mol. The summed E-state index contributed by atoms with van der Waals surface area (Å²) >= 11 is 0. The van der Waals surface area contributed by atoms with Crippen molar-refractivity contribution >= 4 is 28.7 Å². The number of aromatic hydroxyl groups is 1. The third kappa shape index (κ3) is 4.12. The SMILES string of the molecule is COC(=O)N/N=c1\cc(C(=O)Nc2ccc(C)c(C)c2)oc2cc(O)ccc12. The number of rotatable bonds is 3. The van der Waals surface area contributed by atoms with Gasteiger partial charge in [-0.25, -0.2) is 10.2 Å². The highest BCUT2D eigenvalue weighted by atomic mass is 16.5. The van der Waals surface area contributed by atoms with Gasteiger partial charge in [0.05, 0.1) is 12.5 Å². The quantitative estimate of drug-likeness (QED) is 0.603. The number of fused-ring (bicyclic) bond motifs is 1. The number of carbonyl (C=O) groups is 2. The van der Waals surface area contributed by atoms with Crippen molar-refractivity contribution in [2.45, 2.75) is 13.8 Å². The molecule has 2 amide bonds. The number of benzene rings is 2. The van der Waals surface area contributed by atoms with Gasteiger partial charge in [-0.2, -0.15) is 5.10 Å². The number of carbonyl (C=O) groups excluding carboxylic acids is 2. The third-order valence-electron chi connectivity index (χ3n) is 4.17. The van der Waals surface area contributed by atoms with E-state index in [0.29, 0.717) is 11.1 Å². The van der Waals surface area contributed by atoms with Crippen molar-refractivity contribution in [3.8, 4) is 5.75 Å². The van der Waals surface area contributed by atoms with E-state index in [0.717, 1.165) is 11.1 Å². The standard InChI is InChI=1S/C20H19N3O5/c1-11-4-5-13(8-12(11)2)21-19(25)18-10-16(22-23-20(26)27-3)15-7-6-14(24)9-17(15)28-18/h4-10,24H,1-3H3,(H,21,25)(H,23,26)/b22-16+. The van der Waals surface area contributed by atoms with Gasteiger partial charge in [0.25, 0.3) is 5.91 Å². The molecule has 0 saturated heterocycles. The summed E-state index contributed by atoms with van der Waals surface area (Å²) < 4.78 is 10.1. The zero-order chi connectivity index (χ0) is 20.3. The van der Waals surface area contributed by atoms with Gasteiger partial charge in [0.15, 0.2) is 5.76 Å². The molecule has 1 aromatic heterocycles. The largest absolute Gasteiger partial charge is 0.508 e. The first-order valence-electron chi connectivity index (χ1n) is 8.40. The van der Waals surface area contributed by atoms with Gasteiger partial charge >= 0.3 is 6.09 Å². The van der Waals surface area contributed by atoms with E-state index < -0.39 is 12.0 Å². The van der Waals surface area contributed by atoms with Crippen LogP contribution >= 0.6 is 0 Å². The van der Waals surface area contributed by atoms with Crippen LogP contribution in [-0.2, 0) is 4.74 Å². The molecule has 2 aromatic carbocycles. The normalized spacial score (nSPS) is 11.3. The van der Waals surface area contributed by atoms with Crippen molar-refractivity contribution in [3.63, 3.8) is 0 Å². The molecule has 0 aliphatic carbocycles. The molecular weight excluding hydrogens is 362 g/mol. The molecule has 0 atom stereocenters. The molecular formula is C20H19N3O5. The van der Waals surface area contributed by atoms with E-state index in [2.05, 4.69) is 20.6 Å². The maximum atomic E-state index is 12.7. The van der Waals surface area contributed by atoms with E-state index in [-0.39, 0.29) is 22.5 Å². The molecule has 0 aliphatic heterocycles. The van der Waals surface area contributed by atoms with Crippen LogP contribution in [0.25, 0.3) is 11.0 Å². The Morgan fingerprint density at radius 2 is 1.86 bits per heavy atom. The Balaban J connectivity index is 2.03. The second kappa shape index (κ2) is 7.83. The van der Waals surface area contributed by atoms with Crippen LogP contribution in [0.3, 0.4) is 0 Å². The van der Waals surface area contributed by atoms with Crippen molar-refractivity contribution in [1.29, 1.82) is 0 Å². The molecule has 1 heterocycles. The zero-order valence-corrected chi connectivity index (χ0v) is 15.6.